The topological polar surface area (TPSA) is 114 Å². The molecule has 0 atom stereocenters. The van der Waals surface area contributed by atoms with Crippen molar-refractivity contribution < 1.29 is 18.3 Å². The summed E-state index contributed by atoms with van der Waals surface area (Å²) >= 11 is 0.914. The van der Waals surface area contributed by atoms with Gasteiger partial charge in [0.05, 0.1) is 0 Å². The third kappa shape index (κ3) is 2.74. The van der Waals surface area contributed by atoms with E-state index in [1.165, 1.54) is 17.8 Å². The number of carboxylic acids is 1. The molecule has 0 unspecified atom stereocenters. The fraction of sp³-hybridized carbons (Fsp3) is 0.222. The molecule has 2 N–H and O–H groups in total. The van der Waals surface area contributed by atoms with Crippen molar-refractivity contribution in [1.82, 2.24) is 13.9 Å². The van der Waals surface area contributed by atoms with Crippen LogP contribution >= 0.6 is 11.5 Å². The molecule has 10 heteroatoms. The van der Waals surface area contributed by atoms with Crippen molar-refractivity contribution >= 4 is 32.7 Å². The molecule has 0 fully saturated rings. The van der Waals surface area contributed by atoms with E-state index in [-0.39, 0.29) is 15.7 Å². The van der Waals surface area contributed by atoms with E-state index in [9.17, 15) is 13.2 Å². The summed E-state index contributed by atoms with van der Waals surface area (Å²) in [6.45, 7) is 1.64. The first-order valence-electron chi connectivity index (χ1n) is 5.02. The summed E-state index contributed by atoms with van der Waals surface area (Å²) in [6, 6.07) is 1.08. The van der Waals surface area contributed by atoms with Gasteiger partial charge in [-0.3, -0.25) is 4.72 Å². The molecule has 0 aliphatic rings. The van der Waals surface area contributed by atoms with Crippen molar-refractivity contribution in [1.29, 1.82) is 0 Å². The van der Waals surface area contributed by atoms with Gasteiger partial charge in [0.25, 0.3) is 10.0 Å². The largest absolute Gasteiger partial charge is 0.477 e. The summed E-state index contributed by atoms with van der Waals surface area (Å²) in [5.41, 5.74) is -0.117. The molecule has 0 bridgehead atoms. The lowest BCUT2D eigenvalue weighted by Gasteiger charge is -2.00. The molecule has 0 aliphatic heterocycles. The van der Waals surface area contributed by atoms with Gasteiger partial charge < -0.3 is 9.67 Å². The Balaban J connectivity index is 2.34. The van der Waals surface area contributed by atoms with E-state index < -0.39 is 16.0 Å². The van der Waals surface area contributed by atoms with Gasteiger partial charge in [-0.1, -0.05) is 0 Å². The van der Waals surface area contributed by atoms with Crippen LogP contribution in [0.15, 0.2) is 17.2 Å². The molecule has 0 saturated heterocycles. The third-order valence-electron chi connectivity index (χ3n) is 2.26. The molecule has 2 heterocycles. The summed E-state index contributed by atoms with van der Waals surface area (Å²) in [5, 5.41) is 9.02. The normalized spacial score (nSPS) is 11.5. The minimum Gasteiger partial charge on any atom is -0.477 e. The lowest BCUT2D eigenvalue weighted by Crippen LogP contribution is -2.12. The quantitative estimate of drug-likeness (QED) is 0.858. The van der Waals surface area contributed by atoms with E-state index in [1.807, 2.05) is 0 Å². The molecule has 2 aromatic heterocycles. The molecule has 0 amide bonds. The van der Waals surface area contributed by atoms with Crippen molar-refractivity contribution in [2.45, 2.75) is 11.8 Å². The molecule has 19 heavy (non-hydrogen) atoms. The zero-order chi connectivity index (χ0) is 14.2. The number of carbonyl (C=O) groups is 1. The lowest BCUT2D eigenvalue weighted by molar-refractivity contribution is 0.0686. The first-order valence-corrected chi connectivity index (χ1v) is 7.28. The van der Waals surface area contributed by atoms with Crippen LogP contribution in [0.3, 0.4) is 0 Å². The number of carboxylic acid groups (broad SMARTS) is 1. The second-order valence-corrected chi connectivity index (χ2v) is 6.16. The standard InChI is InChI=1S/C9H10N4O4S2/c1-5-10-9(18-11-5)12-19(16,17)6-3-7(8(14)15)13(2)4-6/h3-4H,1-2H3,(H,14,15)(H,10,11,12). The number of hydrogen-bond acceptors (Lipinski definition) is 6. The van der Waals surface area contributed by atoms with Crippen molar-refractivity contribution in [3.63, 3.8) is 0 Å². The van der Waals surface area contributed by atoms with E-state index in [2.05, 4.69) is 14.1 Å². The van der Waals surface area contributed by atoms with Crippen molar-refractivity contribution in [2.75, 3.05) is 4.72 Å². The van der Waals surface area contributed by atoms with Gasteiger partial charge in [0.2, 0.25) is 5.13 Å². The SMILES string of the molecule is Cc1nsc(NS(=O)(=O)c2cc(C(=O)O)n(C)c2)n1. The monoisotopic (exact) mass is 302 g/mol. The van der Waals surface area contributed by atoms with E-state index in [4.69, 9.17) is 5.11 Å². The summed E-state index contributed by atoms with van der Waals surface area (Å²) in [7, 11) is -2.41. The van der Waals surface area contributed by atoms with E-state index >= 15 is 0 Å². The number of aryl methyl sites for hydroxylation is 2. The zero-order valence-corrected chi connectivity index (χ0v) is 11.6. The van der Waals surface area contributed by atoms with Gasteiger partial charge in [-0.05, 0) is 13.0 Å². The van der Waals surface area contributed by atoms with Crippen LogP contribution in [-0.2, 0) is 17.1 Å². The van der Waals surface area contributed by atoms with Gasteiger partial charge in [-0.15, -0.1) is 0 Å². The van der Waals surface area contributed by atoms with Gasteiger partial charge >= 0.3 is 5.97 Å². The molecule has 0 saturated carbocycles. The highest BCUT2D eigenvalue weighted by Crippen LogP contribution is 2.19. The third-order valence-corrected chi connectivity index (χ3v) is 4.42. The van der Waals surface area contributed by atoms with Crippen LogP contribution in [0.4, 0.5) is 5.13 Å². The summed E-state index contributed by atoms with van der Waals surface area (Å²) < 4.78 is 31.4. The number of rotatable bonds is 4. The second kappa shape index (κ2) is 4.63. The summed E-state index contributed by atoms with van der Waals surface area (Å²) in [4.78, 5) is 14.6. The van der Waals surface area contributed by atoms with Crippen LogP contribution in [0.5, 0.6) is 0 Å². The van der Waals surface area contributed by atoms with Crippen molar-refractivity contribution in [2.24, 2.45) is 7.05 Å². The first kappa shape index (κ1) is 13.5. The molecule has 102 valence electrons. The maximum atomic E-state index is 12.0. The van der Waals surface area contributed by atoms with Gasteiger partial charge in [-0.25, -0.2) is 18.2 Å². The van der Waals surface area contributed by atoms with E-state index in [1.54, 1.807) is 6.92 Å². The molecular weight excluding hydrogens is 292 g/mol. The van der Waals surface area contributed by atoms with E-state index in [0.717, 1.165) is 17.6 Å². The molecule has 0 aliphatic carbocycles. The second-order valence-electron chi connectivity index (χ2n) is 3.73. The van der Waals surface area contributed by atoms with E-state index in [0.29, 0.717) is 5.82 Å². The first-order chi connectivity index (χ1) is 8.79. The highest BCUT2D eigenvalue weighted by Gasteiger charge is 2.21. The predicted molar refractivity (Wildman–Crippen MR) is 67.8 cm³/mol. The number of hydrogen-bond donors (Lipinski definition) is 2. The maximum Gasteiger partial charge on any atom is 0.352 e. The number of nitrogens with zero attached hydrogens (tertiary/aromatic N) is 3. The van der Waals surface area contributed by atoms with Crippen LogP contribution in [0.2, 0.25) is 0 Å². The Kier molecular flexibility index (Phi) is 3.28. The van der Waals surface area contributed by atoms with Crippen LogP contribution in [0.25, 0.3) is 0 Å². The highest BCUT2D eigenvalue weighted by molar-refractivity contribution is 7.93. The molecule has 8 nitrogen and oxygen atoms in total. The zero-order valence-electron chi connectivity index (χ0n) is 9.98. The minimum atomic E-state index is -3.86. The van der Waals surface area contributed by atoms with Gasteiger partial charge in [0.1, 0.15) is 16.4 Å². The van der Waals surface area contributed by atoms with Crippen molar-refractivity contribution in [3.8, 4) is 0 Å². The Bertz CT molecular complexity index is 731. The Labute approximate surface area is 112 Å². The number of sulfonamides is 1. The molecule has 0 spiro atoms. The number of anilines is 1. The van der Waals surface area contributed by atoms with Crippen LogP contribution in [0, 0.1) is 6.92 Å². The average Bonchev–Trinajstić information content (AvgIpc) is 2.84. The molecule has 2 rings (SSSR count). The summed E-state index contributed by atoms with van der Waals surface area (Å²) in [5.74, 6) is -0.738. The average molecular weight is 302 g/mol. The highest BCUT2D eigenvalue weighted by atomic mass is 32.2. The predicted octanol–water partition coefficient (Wildman–Crippen LogP) is 0.684. The minimum absolute atomic E-state index is 0.117. The number of aromatic nitrogens is 3. The molecule has 0 aromatic carbocycles. The lowest BCUT2D eigenvalue weighted by atomic mass is 10.4. The smallest absolute Gasteiger partial charge is 0.352 e. The molecule has 0 radical (unpaired) electrons. The Morgan fingerprint density at radius 1 is 1.53 bits per heavy atom. The molecular formula is C9H10N4O4S2. The maximum absolute atomic E-state index is 12.0. The van der Waals surface area contributed by atoms with Gasteiger partial charge in [0.15, 0.2) is 0 Å². The number of aromatic carboxylic acids is 1. The number of nitrogens with one attached hydrogen (secondary N) is 1. The Hall–Kier alpha value is -1.94. The fourth-order valence-electron chi connectivity index (χ4n) is 1.41. The van der Waals surface area contributed by atoms with Gasteiger partial charge in [0, 0.05) is 24.8 Å². The van der Waals surface area contributed by atoms with Crippen molar-refractivity contribution in [3.05, 3.63) is 23.8 Å². The Morgan fingerprint density at radius 3 is 2.68 bits per heavy atom. The van der Waals surface area contributed by atoms with Crippen LogP contribution in [-0.4, -0.2) is 33.4 Å². The fourth-order valence-corrected chi connectivity index (χ4v) is 3.27. The molecule has 2 aromatic rings. The van der Waals surface area contributed by atoms with Crippen LogP contribution < -0.4 is 4.72 Å². The van der Waals surface area contributed by atoms with Gasteiger partial charge in [-0.2, -0.15) is 4.37 Å². The summed E-state index contributed by atoms with van der Waals surface area (Å²) in [6.07, 6.45) is 1.22. The van der Waals surface area contributed by atoms with Crippen LogP contribution in [0.1, 0.15) is 16.3 Å². The Morgan fingerprint density at radius 2 is 2.21 bits per heavy atom.